The number of aromatic nitrogens is 3. The summed E-state index contributed by atoms with van der Waals surface area (Å²) in [5, 5.41) is 16.4. The number of carbonyl (C=O) groups is 2. The first-order chi connectivity index (χ1) is 19.4. The minimum Gasteiger partial charge on any atom is -0.497 e. The molecule has 2 aliphatic rings. The maximum atomic E-state index is 13.4. The molecule has 11 nitrogen and oxygen atoms in total. The Kier molecular flexibility index (Phi) is 8.43. The fourth-order valence-electron chi connectivity index (χ4n) is 4.82. The van der Waals surface area contributed by atoms with Gasteiger partial charge in [-0.2, -0.15) is 0 Å². The van der Waals surface area contributed by atoms with E-state index in [1.807, 2.05) is 0 Å². The first kappa shape index (κ1) is 27.8. The third kappa shape index (κ3) is 5.86. The van der Waals surface area contributed by atoms with Crippen LogP contribution in [0.2, 0.25) is 5.02 Å². The molecule has 210 valence electrons. The lowest BCUT2D eigenvalue weighted by Gasteiger charge is -2.26. The summed E-state index contributed by atoms with van der Waals surface area (Å²) in [7, 11) is 1.55. The van der Waals surface area contributed by atoms with E-state index in [1.54, 1.807) is 50.6 Å². The monoisotopic (exact) mass is 566 g/mol. The average molecular weight is 567 g/mol. The van der Waals surface area contributed by atoms with Gasteiger partial charge in [-0.05, 0) is 43.5 Å². The van der Waals surface area contributed by atoms with E-state index in [0.717, 1.165) is 12.8 Å². The lowest BCUT2D eigenvalue weighted by atomic mass is 10.1. The van der Waals surface area contributed by atoms with E-state index in [1.165, 1.54) is 11.1 Å². The maximum Gasteiger partial charge on any atom is 0.256 e. The minimum absolute atomic E-state index is 0.181. The Labute approximate surface area is 236 Å². The number of pyridine rings is 1. The molecule has 1 fully saturated rings. The highest BCUT2D eigenvalue weighted by Crippen LogP contribution is 2.31. The highest BCUT2D eigenvalue weighted by atomic mass is 35.5. The molecule has 2 aliphatic heterocycles. The van der Waals surface area contributed by atoms with Gasteiger partial charge in [-0.3, -0.25) is 14.6 Å². The van der Waals surface area contributed by atoms with Crippen molar-refractivity contribution in [1.82, 2.24) is 25.2 Å². The van der Waals surface area contributed by atoms with E-state index < -0.39 is 18.0 Å². The smallest absolute Gasteiger partial charge is 0.256 e. The van der Waals surface area contributed by atoms with Gasteiger partial charge in [0.2, 0.25) is 11.9 Å². The number of nitrogens with one attached hydrogen (secondary N) is 2. The largest absolute Gasteiger partial charge is 0.497 e. The summed E-state index contributed by atoms with van der Waals surface area (Å²) < 4.78 is 10.7. The number of halogens is 1. The lowest BCUT2D eigenvalue weighted by molar-refractivity contribution is -0.126. The molecule has 5 rings (SSSR count). The van der Waals surface area contributed by atoms with Gasteiger partial charge in [0.15, 0.2) is 0 Å². The van der Waals surface area contributed by atoms with Crippen LogP contribution in [-0.4, -0.2) is 75.8 Å². The van der Waals surface area contributed by atoms with Gasteiger partial charge in [0, 0.05) is 31.0 Å². The molecule has 3 N–H and O–H groups in total. The van der Waals surface area contributed by atoms with Gasteiger partial charge >= 0.3 is 0 Å². The molecule has 0 saturated carbocycles. The van der Waals surface area contributed by atoms with Crippen molar-refractivity contribution in [2.45, 2.75) is 44.4 Å². The second kappa shape index (κ2) is 12.2. The van der Waals surface area contributed by atoms with E-state index in [9.17, 15) is 14.7 Å². The van der Waals surface area contributed by atoms with Gasteiger partial charge < -0.3 is 30.1 Å². The van der Waals surface area contributed by atoms with Crippen LogP contribution in [0.5, 0.6) is 5.75 Å². The van der Waals surface area contributed by atoms with Crippen LogP contribution in [0.1, 0.15) is 47.4 Å². The van der Waals surface area contributed by atoms with Crippen LogP contribution >= 0.6 is 11.6 Å². The van der Waals surface area contributed by atoms with E-state index in [4.69, 9.17) is 21.1 Å². The molecular formula is C28H31ClN6O5. The Morgan fingerprint density at radius 2 is 2.05 bits per heavy atom. The molecule has 12 heteroatoms. The van der Waals surface area contributed by atoms with Crippen molar-refractivity contribution in [2.24, 2.45) is 0 Å². The summed E-state index contributed by atoms with van der Waals surface area (Å²) in [6, 6.07) is 7.55. The molecule has 0 spiro atoms. The van der Waals surface area contributed by atoms with Crippen molar-refractivity contribution in [3.8, 4) is 17.0 Å². The van der Waals surface area contributed by atoms with Gasteiger partial charge in [-0.1, -0.05) is 23.7 Å². The number of ether oxygens (including phenoxy) is 2. The fraction of sp³-hybridized carbons (Fsp3) is 0.393. The molecule has 40 heavy (non-hydrogen) atoms. The first-order valence-corrected chi connectivity index (χ1v) is 13.5. The normalized spacial score (nSPS) is 16.8. The molecule has 1 saturated heterocycles. The number of carbonyl (C=O) groups excluding carboxylic acids is 2. The summed E-state index contributed by atoms with van der Waals surface area (Å²) in [5.41, 5.74) is 2.68. The zero-order chi connectivity index (χ0) is 28.2. The van der Waals surface area contributed by atoms with Crippen molar-refractivity contribution in [2.75, 3.05) is 32.2 Å². The van der Waals surface area contributed by atoms with Gasteiger partial charge in [-0.15, -0.1) is 0 Å². The molecule has 0 radical (unpaired) electrons. The van der Waals surface area contributed by atoms with Crippen LogP contribution in [0.3, 0.4) is 0 Å². The van der Waals surface area contributed by atoms with Crippen LogP contribution in [0.4, 0.5) is 5.95 Å². The number of rotatable bonds is 9. The molecule has 2 atom stereocenters. The second-order valence-electron chi connectivity index (χ2n) is 9.77. The topological polar surface area (TPSA) is 139 Å². The number of anilines is 1. The molecule has 2 aromatic heterocycles. The number of amides is 2. The van der Waals surface area contributed by atoms with Gasteiger partial charge in [-0.25, -0.2) is 9.97 Å². The highest BCUT2D eigenvalue weighted by molar-refractivity contribution is 6.33. The van der Waals surface area contributed by atoms with E-state index in [2.05, 4.69) is 25.6 Å². The van der Waals surface area contributed by atoms with Crippen LogP contribution in [0.15, 0.2) is 42.7 Å². The average Bonchev–Trinajstić information content (AvgIpc) is 3.32. The molecule has 4 heterocycles. The van der Waals surface area contributed by atoms with E-state index >= 15 is 0 Å². The summed E-state index contributed by atoms with van der Waals surface area (Å²) in [6.45, 7) is 2.89. The van der Waals surface area contributed by atoms with Crippen LogP contribution in [-0.2, 0) is 16.1 Å². The molecule has 0 aliphatic carbocycles. The van der Waals surface area contributed by atoms with Gasteiger partial charge in [0.1, 0.15) is 11.8 Å². The van der Waals surface area contributed by atoms with Gasteiger partial charge in [0.05, 0.1) is 54.5 Å². The summed E-state index contributed by atoms with van der Waals surface area (Å²) in [6.07, 6.45) is 4.86. The molecular weight excluding hydrogens is 536 g/mol. The second-order valence-corrected chi connectivity index (χ2v) is 10.2. The van der Waals surface area contributed by atoms with Crippen LogP contribution in [0.25, 0.3) is 11.3 Å². The number of benzene rings is 1. The predicted molar refractivity (Wildman–Crippen MR) is 148 cm³/mol. The summed E-state index contributed by atoms with van der Waals surface area (Å²) >= 11 is 6.44. The third-order valence-corrected chi connectivity index (χ3v) is 7.47. The van der Waals surface area contributed by atoms with Crippen molar-refractivity contribution < 1.29 is 24.2 Å². The van der Waals surface area contributed by atoms with E-state index in [-0.39, 0.29) is 25.1 Å². The number of methoxy groups -OCH3 is 1. The van der Waals surface area contributed by atoms with Crippen molar-refractivity contribution in [3.05, 3.63) is 64.6 Å². The molecule has 2 amide bonds. The number of aliphatic hydroxyl groups excluding tert-OH is 1. The predicted octanol–water partition coefficient (Wildman–Crippen LogP) is 2.99. The first-order valence-electron chi connectivity index (χ1n) is 13.1. The molecule has 1 aromatic carbocycles. The number of hydrogen-bond donors (Lipinski definition) is 3. The van der Waals surface area contributed by atoms with Crippen molar-refractivity contribution >= 4 is 29.4 Å². The number of nitrogens with zero attached hydrogens (tertiary/aromatic N) is 4. The molecule has 0 unspecified atom stereocenters. The molecule has 3 aromatic rings. The zero-order valence-electron chi connectivity index (χ0n) is 22.3. The number of hydrogen-bond acceptors (Lipinski definition) is 9. The van der Waals surface area contributed by atoms with Crippen molar-refractivity contribution in [1.29, 1.82) is 0 Å². The summed E-state index contributed by atoms with van der Waals surface area (Å²) in [4.78, 5) is 41.4. The Balaban J connectivity index is 1.30. The standard InChI is InChI=1S/C28H31ClN6O5/c1-16(26(37)33-24(15-36)17-4-3-5-20(10-17)39-2)35-14-23-21(27(35)38)11-18(12-30-23)25-22(29)13-31-28(34-25)32-19-6-8-40-9-7-19/h3-5,10-13,16,19,24,36H,6-9,14-15H2,1-2H3,(H,33,37)(H,31,32,34)/t16-,24-/m1/s1. The Bertz CT molecular complexity index is 1400. The summed E-state index contributed by atoms with van der Waals surface area (Å²) in [5.74, 6) is 0.339. The maximum absolute atomic E-state index is 13.4. The Morgan fingerprint density at radius 1 is 1.25 bits per heavy atom. The minimum atomic E-state index is -0.803. The van der Waals surface area contributed by atoms with Crippen LogP contribution in [0, 0.1) is 0 Å². The molecule has 0 bridgehead atoms. The van der Waals surface area contributed by atoms with Gasteiger partial charge in [0.25, 0.3) is 5.91 Å². The Morgan fingerprint density at radius 3 is 2.80 bits per heavy atom. The Hall–Kier alpha value is -3.80. The SMILES string of the molecule is COc1cccc([C@@H](CO)NC(=O)[C@@H](C)N2Cc3ncc(-c4nc(NC5CCOCC5)ncc4Cl)cc3C2=O)c1. The number of aliphatic hydroxyl groups is 1. The fourth-order valence-corrected chi connectivity index (χ4v) is 5.02. The number of fused-ring (bicyclic) bond motifs is 1. The van der Waals surface area contributed by atoms with Crippen molar-refractivity contribution in [3.63, 3.8) is 0 Å². The zero-order valence-corrected chi connectivity index (χ0v) is 23.0. The lowest BCUT2D eigenvalue weighted by Crippen LogP contribution is -2.46. The quantitative estimate of drug-likeness (QED) is 0.357. The van der Waals surface area contributed by atoms with Crippen LogP contribution < -0.4 is 15.4 Å². The third-order valence-electron chi connectivity index (χ3n) is 7.20. The highest BCUT2D eigenvalue weighted by Gasteiger charge is 2.36. The van der Waals surface area contributed by atoms with E-state index in [0.29, 0.717) is 58.0 Å².